The molecule has 1 aromatic rings. The maximum Gasteiger partial charge on any atom is 0.338 e. The number of ether oxygens (including phenoxy) is 5. The molecule has 8 atom stereocenters. The fourth-order valence-corrected chi connectivity index (χ4v) is 9.27. The summed E-state index contributed by atoms with van der Waals surface area (Å²) in [7, 11) is 1.24. The van der Waals surface area contributed by atoms with E-state index in [1.165, 1.54) is 37.5 Å². The highest BCUT2D eigenvalue weighted by Gasteiger charge is 2.80. The van der Waals surface area contributed by atoms with E-state index in [9.17, 15) is 34.4 Å². The lowest BCUT2D eigenvalue weighted by Crippen LogP contribution is -2.70. The number of rotatable bonds is 9. The van der Waals surface area contributed by atoms with E-state index in [-0.39, 0.29) is 35.7 Å². The minimum Gasteiger partial charge on any atom is -0.493 e. The average molecular weight is 688 g/mol. The largest absolute Gasteiger partial charge is 0.493 e. The van der Waals surface area contributed by atoms with Crippen molar-refractivity contribution in [1.82, 2.24) is 0 Å². The third kappa shape index (κ3) is 5.16. The van der Waals surface area contributed by atoms with Crippen LogP contribution in [-0.4, -0.2) is 83.3 Å². The molecule has 264 valence electrons. The Morgan fingerprint density at radius 3 is 2.55 bits per heavy atom. The van der Waals surface area contributed by atoms with Crippen LogP contribution >= 0.6 is 0 Å². The van der Waals surface area contributed by atoms with E-state index >= 15 is 4.39 Å². The molecule has 1 aromatic carbocycles. The topological polar surface area (TPSA) is 187 Å². The molecule has 0 amide bonds. The van der Waals surface area contributed by atoms with Crippen molar-refractivity contribution in [3.63, 3.8) is 0 Å². The molecule has 3 saturated carbocycles. The molecule has 15 heteroatoms. The summed E-state index contributed by atoms with van der Waals surface area (Å²) in [5.41, 5.74) is -5.56. The van der Waals surface area contributed by atoms with Gasteiger partial charge >= 0.3 is 11.9 Å². The van der Waals surface area contributed by atoms with Crippen molar-refractivity contribution in [2.24, 2.45) is 22.7 Å². The predicted octanol–water partition coefficient (Wildman–Crippen LogP) is 3.41. The molecule has 49 heavy (non-hydrogen) atoms. The smallest absolute Gasteiger partial charge is 0.338 e. The third-order valence-corrected chi connectivity index (χ3v) is 11.3. The Balaban J connectivity index is 1.24. The Bertz CT molecular complexity index is 1690. The molecule has 4 fully saturated rings. The van der Waals surface area contributed by atoms with E-state index in [0.717, 1.165) is 0 Å². The van der Waals surface area contributed by atoms with Crippen molar-refractivity contribution in [3.05, 3.63) is 57.7 Å². The van der Waals surface area contributed by atoms with E-state index in [4.69, 9.17) is 23.7 Å². The Labute approximate surface area is 280 Å². The van der Waals surface area contributed by atoms with Crippen molar-refractivity contribution >= 4 is 23.5 Å². The molecule has 0 spiro atoms. The minimum atomic E-state index is -2.12. The highest BCUT2D eigenvalue weighted by molar-refractivity contribution is 6.01. The van der Waals surface area contributed by atoms with Gasteiger partial charge in [0.1, 0.15) is 0 Å². The molecule has 0 bridgehead atoms. The van der Waals surface area contributed by atoms with Crippen LogP contribution in [0.3, 0.4) is 0 Å². The number of aliphatic hydroxyl groups is 1. The molecular formula is C34H38FNO13. The van der Waals surface area contributed by atoms with E-state index in [0.29, 0.717) is 18.4 Å². The first kappa shape index (κ1) is 34.6. The molecule has 1 heterocycles. The number of Topliss-reactive ketones (excluding diaryl/α,β-unsaturated/α-hetero) is 1. The van der Waals surface area contributed by atoms with Crippen LogP contribution in [0.5, 0.6) is 11.5 Å². The maximum absolute atomic E-state index is 17.6. The molecule has 1 aliphatic heterocycles. The van der Waals surface area contributed by atoms with E-state index in [1.54, 1.807) is 33.8 Å². The monoisotopic (exact) mass is 687 g/mol. The number of benzene rings is 1. The third-order valence-electron chi connectivity index (χ3n) is 11.3. The number of hydrogen-bond donors (Lipinski definition) is 1. The van der Waals surface area contributed by atoms with Crippen LogP contribution in [0, 0.1) is 32.8 Å². The molecule has 6 rings (SSSR count). The van der Waals surface area contributed by atoms with Crippen LogP contribution < -0.4 is 9.47 Å². The Morgan fingerprint density at radius 1 is 1.12 bits per heavy atom. The summed E-state index contributed by atoms with van der Waals surface area (Å²) in [6.07, 6.45) is 2.95. The zero-order chi connectivity index (χ0) is 35.7. The number of nitrogens with zero attached hydrogens (tertiary/aromatic N) is 1. The lowest BCUT2D eigenvalue weighted by Gasteiger charge is -2.62. The van der Waals surface area contributed by atoms with Gasteiger partial charge in [0.05, 0.1) is 24.9 Å². The number of aliphatic hydroxyl groups excluding tert-OH is 1. The van der Waals surface area contributed by atoms with E-state index < -0.39 is 88.0 Å². The van der Waals surface area contributed by atoms with Crippen LogP contribution in [0.25, 0.3) is 0 Å². The number of allylic oxidation sites excluding steroid dienone is 4. The number of methoxy groups -OCH3 is 1. The average Bonchev–Trinajstić information content (AvgIpc) is 3.45. The molecule has 1 N–H and O–H groups in total. The first-order chi connectivity index (χ1) is 22.9. The van der Waals surface area contributed by atoms with Gasteiger partial charge in [-0.25, -0.2) is 14.0 Å². The van der Waals surface area contributed by atoms with Crippen LogP contribution in [0.1, 0.15) is 63.7 Å². The number of ketones is 2. The normalized spacial score (nSPS) is 36.7. The number of carbonyl (C=O) groups excluding carboxylic acids is 4. The second kappa shape index (κ2) is 11.7. The van der Waals surface area contributed by atoms with Crippen LogP contribution in [-0.2, 0) is 33.4 Å². The van der Waals surface area contributed by atoms with Crippen LogP contribution in [0.4, 0.5) is 4.39 Å². The van der Waals surface area contributed by atoms with Gasteiger partial charge in [-0.2, -0.15) is 0 Å². The summed E-state index contributed by atoms with van der Waals surface area (Å²) >= 11 is 0. The molecule has 1 saturated heterocycles. The van der Waals surface area contributed by atoms with Crippen molar-refractivity contribution in [2.45, 2.75) is 82.6 Å². The fraction of sp³-hybridized carbons (Fsp3) is 0.588. The molecule has 0 aromatic heterocycles. The van der Waals surface area contributed by atoms with E-state index in [2.05, 4.69) is 4.84 Å². The maximum atomic E-state index is 17.6. The first-order valence-electron chi connectivity index (χ1n) is 16.0. The number of esters is 2. The number of carbonyl (C=O) groups is 4. The number of halogens is 1. The Morgan fingerprint density at radius 2 is 1.86 bits per heavy atom. The van der Waals surface area contributed by atoms with Gasteiger partial charge in [-0.3, -0.25) is 9.59 Å². The van der Waals surface area contributed by atoms with Gasteiger partial charge in [0.2, 0.25) is 5.78 Å². The Hall–Kier alpha value is -4.21. The van der Waals surface area contributed by atoms with Gasteiger partial charge < -0.3 is 33.6 Å². The van der Waals surface area contributed by atoms with Gasteiger partial charge in [-0.05, 0) is 82.7 Å². The molecule has 0 radical (unpaired) electrons. The van der Waals surface area contributed by atoms with Crippen molar-refractivity contribution in [1.29, 1.82) is 0 Å². The molecule has 1 unspecified atom stereocenters. The van der Waals surface area contributed by atoms with Crippen LogP contribution in [0.2, 0.25) is 0 Å². The minimum absolute atomic E-state index is 0.0619. The van der Waals surface area contributed by atoms with Gasteiger partial charge in [0.15, 0.2) is 47.6 Å². The lowest BCUT2D eigenvalue weighted by molar-refractivity contribution is -0.754. The Kier molecular flexibility index (Phi) is 8.27. The van der Waals surface area contributed by atoms with Gasteiger partial charge in [0, 0.05) is 16.7 Å². The SMILES string of the molecule is COc1cc(C(=O)OCC(=O)[C@@]23OC(C)(C)O[C@@H]2C[C@H]2C4CCC5=CC(=O)C=C[C@]5(C)[C@@]4(F)[C@@H](O)C[C@@]23C)ccc1OC(=O)CO[N+](=O)[O-]. The van der Waals surface area contributed by atoms with Crippen molar-refractivity contribution in [2.75, 3.05) is 20.3 Å². The summed E-state index contributed by atoms with van der Waals surface area (Å²) in [6.45, 7) is 5.15. The zero-order valence-corrected chi connectivity index (χ0v) is 27.7. The highest BCUT2D eigenvalue weighted by Crippen LogP contribution is 2.72. The van der Waals surface area contributed by atoms with Crippen LogP contribution in [0.15, 0.2) is 42.0 Å². The summed E-state index contributed by atoms with van der Waals surface area (Å²) in [5, 5.41) is 20.9. The zero-order valence-electron chi connectivity index (χ0n) is 27.7. The summed E-state index contributed by atoms with van der Waals surface area (Å²) in [4.78, 5) is 65.9. The molecule has 4 aliphatic carbocycles. The molecular weight excluding hydrogens is 649 g/mol. The second-order valence-corrected chi connectivity index (χ2v) is 14.2. The van der Waals surface area contributed by atoms with Gasteiger partial charge in [-0.15, -0.1) is 10.1 Å². The number of fused-ring (bicyclic) bond motifs is 7. The fourth-order valence-electron chi connectivity index (χ4n) is 9.27. The van der Waals surface area contributed by atoms with Gasteiger partial charge in [-0.1, -0.05) is 18.6 Å². The first-order valence-corrected chi connectivity index (χ1v) is 16.0. The summed E-state index contributed by atoms with van der Waals surface area (Å²) in [5.74, 6) is -5.41. The highest BCUT2D eigenvalue weighted by atomic mass is 19.1. The summed E-state index contributed by atoms with van der Waals surface area (Å²) in [6, 6.07) is 3.66. The molecule has 14 nitrogen and oxygen atoms in total. The predicted molar refractivity (Wildman–Crippen MR) is 163 cm³/mol. The van der Waals surface area contributed by atoms with Crippen molar-refractivity contribution in [3.8, 4) is 11.5 Å². The summed E-state index contributed by atoms with van der Waals surface area (Å²) < 4.78 is 46.1. The van der Waals surface area contributed by atoms with E-state index in [1.807, 2.05) is 0 Å². The quantitative estimate of drug-likeness (QED) is 0.172. The number of alkyl halides is 1. The molecule has 5 aliphatic rings. The second-order valence-electron chi connectivity index (χ2n) is 14.2. The lowest BCUT2D eigenvalue weighted by atomic mass is 9.44. The standard InChI is InChI=1S/C34H38FNO13/c1-30(2)48-27-14-22-21-8-7-19-13-20(37)10-11-31(19,3)33(21,35)25(38)15-32(22,4)34(27,49-30)26(39)16-45-29(41)18-6-9-23(24(12-18)44-5)47-28(40)17-46-36(42)43/h6,9-13,21-22,25,27,38H,7-8,14-17H2,1-5H3/t21?,22-,25-,27+,31-,32-,33-,34+/m0/s1. The van der Waals surface area contributed by atoms with Crippen molar-refractivity contribution < 1.29 is 62.3 Å². The number of hydrogen-bond acceptors (Lipinski definition) is 13. The van der Waals surface area contributed by atoms with Gasteiger partial charge in [0.25, 0.3) is 5.09 Å².